The number of carbonyl (C=O) groups excluding carboxylic acids is 7. The van der Waals surface area contributed by atoms with Gasteiger partial charge in [0.2, 0.25) is 41.4 Å². The highest BCUT2D eigenvalue weighted by molar-refractivity contribution is 5.98. The lowest BCUT2D eigenvalue weighted by Gasteiger charge is -2.30. The number of aromatic nitrogens is 1. The summed E-state index contributed by atoms with van der Waals surface area (Å²) < 4.78 is 0. The molecule has 3 rings (SSSR count). The third-order valence-corrected chi connectivity index (χ3v) is 12.1. The van der Waals surface area contributed by atoms with Crippen LogP contribution in [0.2, 0.25) is 0 Å². The molecule has 1 aromatic heterocycles. The van der Waals surface area contributed by atoms with Crippen LogP contribution in [0.15, 0.2) is 60.8 Å². The molecule has 22 heteroatoms. The average molecular weight is 1020 g/mol. The third kappa shape index (κ3) is 20.0. The predicted molar refractivity (Wildman–Crippen MR) is 269 cm³/mol. The highest BCUT2D eigenvalue weighted by atomic mass is 16.4. The highest BCUT2D eigenvalue weighted by Gasteiger charge is 2.36. The number of fused-ring (bicyclic) bond motifs is 1. The van der Waals surface area contributed by atoms with Gasteiger partial charge < -0.3 is 63.3 Å². The van der Waals surface area contributed by atoms with E-state index in [9.17, 15) is 58.2 Å². The molecule has 0 saturated heterocycles. The molecular formula is C51H73N9O13. The second kappa shape index (κ2) is 29.2. The summed E-state index contributed by atoms with van der Waals surface area (Å²) in [6.45, 7) is 11.9. The Morgan fingerprint density at radius 3 is 1.56 bits per heavy atom. The molecule has 0 saturated carbocycles. The van der Waals surface area contributed by atoms with Crippen molar-refractivity contribution in [3.63, 3.8) is 0 Å². The molecule has 0 aliphatic heterocycles. The lowest BCUT2D eigenvalue weighted by Crippen LogP contribution is -2.61. The minimum atomic E-state index is -1.60. The van der Waals surface area contributed by atoms with Crippen LogP contribution in [0.4, 0.5) is 0 Å². The fraction of sp³-hybridized carbons (Fsp3) is 0.529. The van der Waals surface area contributed by atoms with Gasteiger partial charge in [-0.1, -0.05) is 96.5 Å². The molecule has 9 atom stereocenters. The van der Waals surface area contributed by atoms with Gasteiger partial charge in [0.1, 0.15) is 42.3 Å². The Morgan fingerprint density at radius 2 is 1.00 bits per heavy atom. The van der Waals surface area contributed by atoms with E-state index in [1.807, 2.05) is 13.8 Å². The van der Waals surface area contributed by atoms with Gasteiger partial charge in [-0.2, -0.15) is 0 Å². The van der Waals surface area contributed by atoms with E-state index in [-0.39, 0.29) is 43.9 Å². The minimum Gasteiger partial charge on any atom is -0.481 e. The SMILES string of the molecule is CC[C@H](C)[C@H](NC(=O)[C@H](Cc1ccccc1)NC(=O)[C@@H](N)CCC(=O)O)C(=O)N[C@@H](CCC(=O)O)C(=O)N[C@@H](Cc1c[nH]c2ccccc12)C(=O)N[C@@H](CC(C)C)C(=O)N[C@@H](CC(C)C)C(=O)N[C@@H](C)C(=O)O. The van der Waals surface area contributed by atoms with Gasteiger partial charge in [-0.3, -0.25) is 47.9 Å². The largest absolute Gasteiger partial charge is 0.481 e. The molecule has 73 heavy (non-hydrogen) atoms. The number of benzene rings is 2. The topological polar surface area (TPSA) is 357 Å². The number of para-hydroxylation sites is 1. The van der Waals surface area contributed by atoms with Crippen molar-refractivity contribution in [2.24, 2.45) is 23.5 Å². The van der Waals surface area contributed by atoms with E-state index in [0.29, 0.717) is 28.5 Å². The van der Waals surface area contributed by atoms with Gasteiger partial charge in [-0.15, -0.1) is 0 Å². The fourth-order valence-electron chi connectivity index (χ4n) is 7.83. The molecule has 400 valence electrons. The zero-order chi connectivity index (χ0) is 54.5. The van der Waals surface area contributed by atoms with Crippen LogP contribution in [-0.2, 0) is 60.8 Å². The maximum absolute atomic E-state index is 14.6. The summed E-state index contributed by atoms with van der Waals surface area (Å²) in [5.41, 5.74) is 7.89. The molecule has 0 aliphatic carbocycles. The molecule has 0 aliphatic rings. The number of aromatic amines is 1. The number of hydrogen-bond donors (Lipinski definition) is 12. The lowest BCUT2D eigenvalue weighted by molar-refractivity contribution is -0.142. The average Bonchev–Trinajstić information content (AvgIpc) is 3.74. The van der Waals surface area contributed by atoms with Crippen molar-refractivity contribution >= 4 is 70.2 Å². The first kappa shape index (κ1) is 59.9. The first-order chi connectivity index (χ1) is 34.4. The Bertz CT molecular complexity index is 2390. The van der Waals surface area contributed by atoms with Crippen molar-refractivity contribution in [2.75, 3.05) is 0 Å². The molecule has 13 N–H and O–H groups in total. The quantitative estimate of drug-likeness (QED) is 0.0436. The number of carbonyl (C=O) groups is 10. The van der Waals surface area contributed by atoms with Gasteiger partial charge in [-0.25, -0.2) is 0 Å². The fourth-order valence-corrected chi connectivity index (χ4v) is 7.83. The van der Waals surface area contributed by atoms with Gasteiger partial charge in [0.25, 0.3) is 0 Å². The van der Waals surface area contributed by atoms with E-state index in [1.165, 1.54) is 6.92 Å². The molecule has 2 aromatic carbocycles. The van der Waals surface area contributed by atoms with Crippen LogP contribution in [0.1, 0.15) is 105 Å². The smallest absolute Gasteiger partial charge is 0.325 e. The van der Waals surface area contributed by atoms with Crippen LogP contribution in [0.5, 0.6) is 0 Å². The summed E-state index contributed by atoms with van der Waals surface area (Å²) in [6.07, 6.45) is 0.252. The van der Waals surface area contributed by atoms with Crippen LogP contribution in [0.3, 0.4) is 0 Å². The van der Waals surface area contributed by atoms with Crippen LogP contribution in [-0.4, -0.2) is 128 Å². The summed E-state index contributed by atoms with van der Waals surface area (Å²) >= 11 is 0. The van der Waals surface area contributed by atoms with Crippen LogP contribution < -0.4 is 43.0 Å². The predicted octanol–water partition coefficient (Wildman–Crippen LogP) is 1.65. The maximum Gasteiger partial charge on any atom is 0.325 e. The Balaban J connectivity index is 1.99. The van der Waals surface area contributed by atoms with E-state index < -0.39 is 133 Å². The number of nitrogens with two attached hydrogens (primary N) is 1. The molecule has 7 amide bonds. The van der Waals surface area contributed by atoms with Crippen molar-refractivity contribution in [1.29, 1.82) is 0 Å². The van der Waals surface area contributed by atoms with E-state index in [2.05, 4.69) is 42.2 Å². The maximum atomic E-state index is 14.6. The number of amides is 7. The molecule has 0 fully saturated rings. The molecular weight excluding hydrogens is 947 g/mol. The second-order valence-electron chi connectivity index (χ2n) is 19.2. The van der Waals surface area contributed by atoms with Crippen molar-refractivity contribution in [1.82, 2.24) is 42.2 Å². The normalized spacial score (nSPS) is 15.0. The van der Waals surface area contributed by atoms with Gasteiger partial charge in [0.05, 0.1) is 6.04 Å². The molecule has 0 spiro atoms. The Labute approximate surface area is 424 Å². The third-order valence-electron chi connectivity index (χ3n) is 12.1. The molecule has 3 aromatic rings. The van der Waals surface area contributed by atoms with Crippen molar-refractivity contribution < 1.29 is 63.3 Å². The minimum absolute atomic E-state index is 0.0535. The second-order valence-corrected chi connectivity index (χ2v) is 19.2. The Hall–Kier alpha value is -7.36. The number of hydrogen-bond acceptors (Lipinski definition) is 11. The monoisotopic (exact) mass is 1020 g/mol. The molecule has 0 radical (unpaired) electrons. The summed E-state index contributed by atoms with van der Waals surface area (Å²) in [5.74, 6) is -10.5. The number of carboxylic acid groups (broad SMARTS) is 3. The van der Waals surface area contributed by atoms with Crippen molar-refractivity contribution in [3.8, 4) is 0 Å². The number of rotatable bonds is 31. The zero-order valence-corrected chi connectivity index (χ0v) is 42.5. The summed E-state index contributed by atoms with van der Waals surface area (Å²) in [4.78, 5) is 136. The standard InChI is InChI=1S/C51H73N9O13/c1-8-29(6)43(60-49(70)39(24-31-14-10-9-11-15-31)56-44(65)34(52)18-20-41(61)62)50(71)55-36(19-21-42(63)64)45(66)59-40(25-32-26-53-35-17-13-12-16-33(32)35)48(69)58-38(23-28(4)5)47(68)57-37(22-27(2)3)46(67)54-30(7)51(72)73/h9-17,26-30,34,36-40,43,53H,8,18-25,52H2,1-7H3,(H,54,67)(H,55,71)(H,56,65)(H,57,68)(H,58,69)(H,59,66)(H,60,70)(H,61,62)(H,63,64)(H,72,73)/t29-,30-,34-,36-,37-,38-,39-,40-,43-/m0/s1. The number of H-pyrrole nitrogens is 1. The van der Waals surface area contributed by atoms with Crippen molar-refractivity contribution in [2.45, 2.75) is 155 Å². The molecule has 22 nitrogen and oxygen atoms in total. The highest BCUT2D eigenvalue weighted by Crippen LogP contribution is 2.20. The van der Waals surface area contributed by atoms with Gasteiger partial charge >= 0.3 is 17.9 Å². The van der Waals surface area contributed by atoms with Crippen LogP contribution >= 0.6 is 0 Å². The van der Waals surface area contributed by atoms with Crippen LogP contribution in [0, 0.1) is 17.8 Å². The summed E-state index contributed by atoms with van der Waals surface area (Å²) in [6, 6.07) is 5.07. The molecule has 0 unspecified atom stereocenters. The first-order valence-electron chi connectivity index (χ1n) is 24.5. The van der Waals surface area contributed by atoms with E-state index in [4.69, 9.17) is 10.8 Å². The summed E-state index contributed by atoms with van der Waals surface area (Å²) in [7, 11) is 0. The van der Waals surface area contributed by atoms with Gasteiger partial charge in [-0.05, 0) is 67.6 Å². The van der Waals surface area contributed by atoms with E-state index >= 15 is 0 Å². The van der Waals surface area contributed by atoms with Gasteiger partial charge in [0.15, 0.2) is 0 Å². The Morgan fingerprint density at radius 1 is 0.534 bits per heavy atom. The van der Waals surface area contributed by atoms with Gasteiger partial charge in [0, 0.05) is 42.8 Å². The molecule has 0 bridgehead atoms. The van der Waals surface area contributed by atoms with E-state index in [1.54, 1.807) is 88.5 Å². The number of aliphatic carboxylic acids is 3. The zero-order valence-electron chi connectivity index (χ0n) is 42.5. The molecule has 1 heterocycles. The number of nitrogens with one attached hydrogen (secondary N) is 8. The van der Waals surface area contributed by atoms with Crippen molar-refractivity contribution in [3.05, 3.63) is 71.9 Å². The lowest BCUT2D eigenvalue weighted by atomic mass is 9.96. The summed E-state index contributed by atoms with van der Waals surface area (Å²) in [5, 5.41) is 47.2. The van der Waals surface area contributed by atoms with Crippen LogP contribution in [0.25, 0.3) is 10.9 Å². The van der Waals surface area contributed by atoms with E-state index in [0.717, 1.165) is 0 Å². The first-order valence-corrected chi connectivity index (χ1v) is 24.5. The Kier molecular flexibility index (Phi) is 24.0. The number of carboxylic acids is 3.